The van der Waals surface area contributed by atoms with Crippen LogP contribution in [0.1, 0.15) is 194 Å². The average molecular weight is 730 g/mol. The van der Waals surface area contributed by atoms with Crippen molar-refractivity contribution in [1.29, 1.82) is 0 Å². The molecule has 0 aliphatic heterocycles. The van der Waals surface area contributed by atoms with Gasteiger partial charge in [-0.15, -0.1) is 0 Å². The van der Waals surface area contributed by atoms with Crippen LogP contribution in [0.25, 0.3) is 0 Å². The molecule has 302 valence electrons. The number of carbonyl (C=O) groups excluding carboxylic acids is 1. The predicted octanol–water partition coefficient (Wildman–Crippen LogP) is 12.3. The zero-order valence-electron chi connectivity index (χ0n) is 34.8. The maximum absolute atomic E-state index is 13.4. The molecule has 0 bridgehead atoms. The van der Waals surface area contributed by atoms with Crippen molar-refractivity contribution in [2.24, 2.45) is 11.8 Å². The highest BCUT2D eigenvalue weighted by Crippen LogP contribution is 2.30. The minimum atomic E-state index is -1.04. The van der Waals surface area contributed by atoms with Crippen LogP contribution in [-0.2, 0) is 16.0 Å². The fraction of sp³-hybridized carbons (Fsp3) is 0.848. The highest BCUT2D eigenvalue weighted by molar-refractivity contribution is 5.81. The molecular weight excluding hydrogens is 647 g/mol. The van der Waals surface area contributed by atoms with Crippen molar-refractivity contribution < 1.29 is 24.1 Å². The van der Waals surface area contributed by atoms with Crippen LogP contribution in [0.4, 0.5) is 0 Å². The van der Waals surface area contributed by atoms with Crippen molar-refractivity contribution in [3.05, 3.63) is 23.8 Å². The third kappa shape index (κ3) is 21.9. The van der Waals surface area contributed by atoms with Crippen LogP contribution < -0.4 is 9.47 Å². The van der Waals surface area contributed by atoms with E-state index in [9.17, 15) is 9.90 Å². The van der Waals surface area contributed by atoms with Crippen LogP contribution in [0.15, 0.2) is 18.2 Å². The summed E-state index contributed by atoms with van der Waals surface area (Å²) in [5.74, 6) is 2.42. The Bertz CT molecular complexity index is 1010. The van der Waals surface area contributed by atoms with Gasteiger partial charge in [0.1, 0.15) is 11.5 Å². The van der Waals surface area contributed by atoms with E-state index in [-0.39, 0.29) is 12.6 Å². The van der Waals surface area contributed by atoms with Crippen LogP contribution in [0.5, 0.6) is 11.5 Å². The largest absolute Gasteiger partial charge is 0.493 e. The summed E-state index contributed by atoms with van der Waals surface area (Å²) in [6.45, 7) is 14.7. The first-order chi connectivity index (χ1) is 25.3. The number of hydrogen-bond acceptors (Lipinski definition) is 6. The molecule has 0 spiro atoms. The number of nitrogens with zero attached hydrogens (tertiary/aromatic N) is 1. The molecule has 0 aromatic heterocycles. The van der Waals surface area contributed by atoms with Gasteiger partial charge in [-0.05, 0) is 101 Å². The van der Waals surface area contributed by atoms with Gasteiger partial charge < -0.3 is 24.2 Å². The molecule has 1 unspecified atom stereocenters. The number of carbonyl (C=O) groups is 1. The van der Waals surface area contributed by atoms with E-state index in [0.29, 0.717) is 24.9 Å². The Balaban J connectivity index is 1.81. The minimum absolute atomic E-state index is 0.220. The highest BCUT2D eigenvalue weighted by atomic mass is 16.6. The fourth-order valence-electron chi connectivity index (χ4n) is 7.23. The standard InChI is InChI=1S/C46H83NO5/c1-6-9-11-12-13-14-15-16-17-18-19-20-22-27-42-36-43(50-39-40(8-3)26-10-7-2)38-44(37-42)52-45(49)46(4,5)51-35-24-21-23-31-47(33-34-48)32-30-41-28-25-29-41/h36-38,40-41,48H,6-35,39H2,1-5H3. The van der Waals surface area contributed by atoms with Crippen LogP contribution in [0.2, 0.25) is 0 Å². The van der Waals surface area contributed by atoms with E-state index < -0.39 is 5.60 Å². The summed E-state index contributed by atoms with van der Waals surface area (Å²) < 4.78 is 18.5. The quantitative estimate of drug-likeness (QED) is 0.0426. The average Bonchev–Trinajstić information content (AvgIpc) is 3.11. The van der Waals surface area contributed by atoms with E-state index in [1.54, 1.807) is 0 Å². The second-order valence-corrected chi connectivity index (χ2v) is 16.5. The van der Waals surface area contributed by atoms with Gasteiger partial charge in [0.05, 0.1) is 13.2 Å². The Morgan fingerprint density at radius 2 is 1.38 bits per heavy atom. The SMILES string of the molecule is CCCCCCCCCCCCCCCc1cc(OCC(CC)CCCC)cc(OC(=O)C(C)(C)OCCCCCN(CCO)CCC2CCC2)c1. The van der Waals surface area contributed by atoms with Gasteiger partial charge in [0.25, 0.3) is 0 Å². The zero-order valence-corrected chi connectivity index (χ0v) is 34.8. The number of hydrogen-bond donors (Lipinski definition) is 1. The molecule has 1 saturated carbocycles. The number of benzene rings is 1. The van der Waals surface area contributed by atoms with Gasteiger partial charge in [-0.25, -0.2) is 4.79 Å². The molecule has 6 heteroatoms. The number of esters is 1. The molecule has 1 atom stereocenters. The summed E-state index contributed by atoms with van der Waals surface area (Å²) in [7, 11) is 0. The fourth-order valence-corrected chi connectivity index (χ4v) is 7.23. The number of rotatable bonds is 35. The van der Waals surface area contributed by atoms with Gasteiger partial charge in [0, 0.05) is 19.2 Å². The zero-order chi connectivity index (χ0) is 37.7. The van der Waals surface area contributed by atoms with Crippen LogP contribution >= 0.6 is 0 Å². The van der Waals surface area contributed by atoms with E-state index in [2.05, 4.69) is 31.7 Å². The minimum Gasteiger partial charge on any atom is -0.493 e. The maximum atomic E-state index is 13.4. The predicted molar refractivity (Wildman–Crippen MR) is 220 cm³/mol. The molecule has 1 aliphatic carbocycles. The maximum Gasteiger partial charge on any atom is 0.343 e. The molecule has 6 nitrogen and oxygen atoms in total. The van der Waals surface area contributed by atoms with E-state index >= 15 is 0 Å². The van der Waals surface area contributed by atoms with Crippen LogP contribution in [0.3, 0.4) is 0 Å². The molecule has 2 rings (SSSR count). The van der Waals surface area contributed by atoms with E-state index in [1.165, 1.54) is 128 Å². The first-order valence-electron chi connectivity index (χ1n) is 22.3. The smallest absolute Gasteiger partial charge is 0.343 e. The van der Waals surface area contributed by atoms with Gasteiger partial charge in [-0.2, -0.15) is 0 Å². The molecule has 1 fully saturated rings. The van der Waals surface area contributed by atoms with Crippen molar-refractivity contribution in [2.75, 3.05) is 39.5 Å². The summed E-state index contributed by atoms with van der Waals surface area (Å²) in [5, 5.41) is 9.48. The summed E-state index contributed by atoms with van der Waals surface area (Å²) in [5.41, 5.74) is 0.136. The van der Waals surface area contributed by atoms with Crippen LogP contribution in [0, 0.1) is 11.8 Å². The number of ether oxygens (including phenoxy) is 3. The lowest BCUT2D eigenvalue weighted by Crippen LogP contribution is -2.39. The monoisotopic (exact) mass is 730 g/mol. The number of aliphatic hydroxyl groups is 1. The summed E-state index contributed by atoms with van der Waals surface area (Å²) in [4.78, 5) is 15.8. The summed E-state index contributed by atoms with van der Waals surface area (Å²) in [6.07, 6.45) is 31.5. The van der Waals surface area contributed by atoms with Crippen molar-refractivity contribution in [3.63, 3.8) is 0 Å². The molecular formula is C46H83NO5. The lowest BCUT2D eigenvalue weighted by Gasteiger charge is -2.29. The highest BCUT2D eigenvalue weighted by Gasteiger charge is 2.31. The number of aryl methyl sites for hydroxylation is 1. The summed E-state index contributed by atoms with van der Waals surface area (Å²) >= 11 is 0. The molecule has 52 heavy (non-hydrogen) atoms. The topological polar surface area (TPSA) is 68.2 Å². The molecule has 0 saturated heterocycles. The Labute approximate surface area is 321 Å². The normalized spacial score (nSPS) is 14.1. The van der Waals surface area contributed by atoms with Crippen molar-refractivity contribution >= 4 is 5.97 Å². The second-order valence-electron chi connectivity index (χ2n) is 16.5. The summed E-state index contributed by atoms with van der Waals surface area (Å²) in [6, 6.07) is 6.07. The van der Waals surface area contributed by atoms with Crippen molar-refractivity contribution in [1.82, 2.24) is 4.90 Å². The second kappa shape index (κ2) is 29.7. The first kappa shape index (κ1) is 46.5. The van der Waals surface area contributed by atoms with Crippen molar-refractivity contribution in [3.8, 4) is 11.5 Å². The molecule has 0 heterocycles. The Hall–Kier alpha value is -1.63. The van der Waals surface area contributed by atoms with E-state index in [4.69, 9.17) is 14.2 Å². The first-order valence-corrected chi connectivity index (χ1v) is 22.3. The number of unbranched alkanes of at least 4 members (excludes halogenated alkanes) is 15. The lowest BCUT2D eigenvalue weighted by molar-refractivity contribution is -0.158. The van der Waals surface area contributed by atoms with Gasteiger partial charge >= 0.3 is 5.97 Å². The van der Waals surface area contributed by atoms with Crippen LogP contribution in [-0.4, -0.2) is 61.0 Å². The third-order valence-electron chi connectivity index (χ3n) is 11.3. The Morgan fingerprint density at radius 1 is 0.769 bits per heavy atom. The molecule has 1 N–H and O–H groups in total. The Kier molecular flexibility index (Phi) is 26.6. The molecule has 1 aliphatic rings. The van der Waals surface area contributed by atoms with E-state index in [0.717, 1.165) is 69.8 Å². The lowest BCUT2D eigenvalue weighted by atomic mass is 9.83. The van der Waals surface area contributed by atoms with E-state index in [1.807, 2.05) is 26.0 Å². The van der Waals surface area contributed by atoms with Gasteiger partial charge in [-0.3, -0.25) is 0 Å². The number of aliphatic hydroxyl groups excluding tert-OH is 1. The molecule has 0 radical (unpaired) electrons. The van der Waals surface area contributed by atoms with Crippen molar-refractivity contribution in [2.45, 2.75) is 201 Å². The molecule has 1 aromatic rings. The third-order valence-corrected chi connectivity index (χ3v) is 11.3. The van der Waals surface area contributed by atoms with Gasteiger partial charge in [0.15, 0.2) is 5.60 Å². The van der Waals surface area contributed by atoms with Gasteiger partial charge in [0.2, 0.25) is 0 Å². The Morgan fingerprint density at radius 3 is 1.98 bits per heavy atom. The molecule has 1 aromatic carbocycles. The molecule has 0 amide bonds. The van der Waals surface area contributed by atoms with Gasteiger partial charge in [-0.1, -0.05) is 136 Å².